The molecule has 0 radical (unpaired) electrons. The summed E-state index contributed by atoms with van der Waals surface area (Å²) in [5.74, 6) is -1.45. The number of benzene rings is 1. The van der Waals surface area contributed by atoms with Gasteiger partial charge in [-0.3, -0.25) is 14.4 Å². The second kappa shape index (κ2) is 8.61. The fourth-order valence-corrected chi connectivity index (χ4v) is 6.18. The molecule has 0 bridgehead atoms. The summed E-state index contributed by atoms with van der Waals surface area (Å²) in [6.07, 6.45) is 2.58. The number of amides is 1. The molecule has 8 nitrogen and oxygen atoms in total. The van der Waals surface area contributed by atoms with Crippen LogP contribution in [0.5, 0.6) is 0 Å². The fourth-order valence-electron chi connectivity index (χ4n) is 6.18. The van der Waals surface area contributed by atoms with E-state index in [0.717, 1.165) is 22.1 Å². The average molecular weight is 504 g/mol. The van der Waals surface area contributed by atoms with Crippen LogP contribution in [0, 0.1) is 12.7 Å². The van der Waals surface area contributed by atoms with Gasteiger partial charge in [0.25, 0.3) is 5.56 Å². The van der Waals surface area contributed by atoms with Crippen molar-refractivity contribution < 1.29 is 23.5 Å². The van der Waals surface area contributed by atoms with E-state index in [4.69, 9.17) is 9.72 Å². The first-order chi connectivity index (χ1) is 17.8. The van der Waals surface area contributed by atoms with Crippen LogP contribution < -0.4 is 10.9 Å². The topological polar surface area (TPSA) is 107 Å². The molecular formula is C28H26FN3O5. The molecule has 0 spiro atoms. The maximum absolute atomic E-state index is 14.9. The van der Waals surface area contributed by atoms with Gasteiger partial charge in [0.15, 0.2) is 0 Å². The van der Waals surface area contributed by atoms with E-state index in [1.807, 2.05) is 13.0 Å². The Morgan fingerprint density at radius 1 is 1.27 bits per heavy atom. The predicted molar refractivity (Wildman–Crippen MR) is 133 cm³/mol. The summed E-state index contributed by atoms with van der Waals surface area (Å²) in [4.78, 5) is 54.2. The Bertz CT molecular complexity index is 1590. The summed E-state index contributed by atoms with van der Waals surface area (Å²) in [7, 11) is 0. The van der Waals surface area contributed by atoms with Crippen LogP contribution in [-0.4, -0.2) is 27.7 Å². The van der Waals surface area contributed by atoms with Crippen molar-refractivity contribution in [3.8, 4) is 11.4 Å². The number of carbonyl (C=O) groups excluding carboxylic acids is 3. The molecule has 1 aromatic carbocycles. The Hall–Kier alpha value is -3.88. The predicted octanol–water partition coefficient (Wildman–Crippen LogP) is 3.51. The lowest BCUT2D eigenvalue weighted by Crippen LogP contribution is -2.33. The van der Waals surface area contributed by atoms with Crippen molar-refractivity contribution in [1.82, 2.24) is 14.9 Å². The quantitative estimate of drug-likeness (QED) is 0.330. The normalized spacial score (nSPS) is 19.2. The lowest BCUT2D eigenvalue weighted by atomic mass is 9.81. The van der Waals surface area contributed by atoms with Gasteiger partial charge in [0.2, 0.25) is 5.91 Å². The Morgan fingerprint density at radius 3 is 2.84 bits per heavy atom. The number of rotatable bonds is 5. The Kier molecular flexibility index (Phi) is 5.47. The smallest absolute Gasteiger partial charge is 0.313 e. The minimum atomic E-state index is -0.526. The summed E-state index contributed by atoms with van der Waals surface area (Å²) in [5.41, 5.74) is 5.64. The number of nitrogens with one attached hydrogen (secondary N) is 1. The number of aryl methyl sites for hydroxylation is 1. The third-order valence-electron chi connectivity index (χ3n) is 8.02. The van der Waals surface area contributed by atoms with E-state index in [-0.39, 0.29) is 55.3 Å². The van der Waals surface area contributed by atoms with Gasteiger partial charge in [0, 0.05) is 29.9 Å². The van der Waals surface area contributed by atoms with Gasteiger partial charge in [-0.1, -0.05) is 6.92 Å². The van der Waals surface area contributed by atoms with Gasteiger partial charge in [-0.05, 0) is 54.5 Å². The molecular weight excluding hydrogens is 477 g/mol. The highest BCUT2D eigenvalue weighted by Crippen LogP contribution is 2.45. The van der Waals surface area contributed by atoms with E-state index >= 15 is 0 Å². The number of fused-ring (bicyclic) bond motifs is 5. The number of carbonyl (C=O) groups is 3. The molecule has 190 valence electrons. The van der Waals surface area contributed by atoms with E-state index < -0.39 is 5.92 Å². The minimum absolute atomic E-state index is 0.0631. The first kappa shape index (κ1) is 23.5. The van der Waals surface area contributed by atoms with Gasteiger partial charge in [-0.2, -0.15) is 0 Å². The first-order valence-corrected chi connectivity index (χ1v) is 12.6. The van der Waals surface area contributed by atoms with Crippen LogP contribution in [0.15, 0.2) is 16.9 Å². The van der Waals surface area contributed by atoms with E-state index in [0.29, 0.717) is 59.1 Å². The third-order valence-corrected chi connectivity index (χ3v) is 8.02. The molecule has 2 unspecified atom stereocenters. The van der Waals surface area contributed by atoms with Crippen molar-refractivity contribution >= 4 is 29.1 Å². The molecule has 3 aromatic rings. The van der Waals surface area contributed by atoms with Crippen molar-refractivity contribution in [3.05, 3.63) is 61.7 Å². The average Bonchev–Trinajstić information content (AvgIpc) is 3.25. The van der Waals surface area contributed by atoms with Crippen LogP contribution in [0.3, 0.4) is 0 Å². The van der Waals surface area contributed by atoms with Crippen LogP contribution in [-0.2, 0) is 38.7 Å². The van der Waals surface area contributed by atoms with E-state index in [1.54, 1.807) is 11.5 Å². The minimum Gasteiger partial charge on any atom is -0.460 e. The molecule has 2 aliphatic heterocycles. The van der Waals surface area contributed by atoms with Gasteiger partial charge < -0.3 is 19.4 Å². The Balaban J connectivity index is 1.59. The first-order valence-electron chi connectivity index (χ1n) is 12.6. The highest BCUT2D eigenvalue weighted by atomic mass is 19.1. The van der Waals surface area contributed by atoms with Crippen LogP contribution in [0.1, 0.15) is 77.9 Å². The Morgan fingerprint density at radius 2 is 2.08 bits per heavy atom. The molecule has 0 saturated carbocycles. The number of hydrogen-bond acceptors (Lipinski definition) is 6. The molecule has 0 saturated heterocycles. The second-order valence-electron chi connectivity index (χ2n) is 10.00. The molecule has 37 heavy (non-hydrogen) atoms. The van der Waals surface area contributed by atoms with Crippen LogP contribution in [0.4, 0.5) is 4.39 Å². The van der Waals surface area contributed by atoms with Crippen LogP contribution in [0.25, 0.3) is 22.3 Å². The van der Waals surface area contributed by atoms with Crippen molar-refractivity contribution in [1.29, 1.82) is 0 Å². The number of cyclic esters (lactones) is 1. The summed E-state index contributed by atoms with van der Waals surface area (Å²) >= 11 is 0. The highest BCUT2D eigenvalue weighted by Gasteiger charge is 2.37. The van der Waals surface area contributed by atoms with E-state index in [2.05, 4.69) is 5.32 Å². The lowest BCUT2D eigenvalue weighted by molar-refractivity contribution is -0.148. The zero-order chi connectivity index (χ0) is 26.0. The van der Waals surface area contributed by atoms with Crippen molar-refractivity contribution in [3.63, 3.8) is 0 Å². The lowest BCUT2D eigenvalue weighted by Gasteiger charge is -2.29. The zero-order valence-electron chi connectivity index (χ0n) is 20.7. The SMILES string of the molecule is CCC1C(=O)OCc2c1cc1n(c2=O)Cc2c-1nc1cc(F)c(C)c3c1c2C(NC(=O)CCC=O)CC3. The number of hydrogen-bond donors (Lipinski definition) is 1. The highest BCUT2D eigenvalue weighted by molar-refractivity contribution is 5.93. The molecule has 2 atom stereocenters. The molecule has 6 rings (SSSR count). The maximum atomic E-state index is 14.9. The standard InChI is InChI=1S/C28H26FN3O5/c1-3-14-16-9-22-26-17(11-32(22)27(35)18(16)12-37-28(14)36)25-20(30-23(34)5-4-8-33)7-6-15-13(2)19(29)10-21(31-26)24(15)25/h8-10,14,20H,3-7,11-12H2,1-2H3,(H,30,34). The van der Waals surface area contributed by atoms with Gasteiger partial charge >= 0.3 is 5.97 Å². The third kappa shape index (κ3) is 3.43. The van der Waals surface area contributed by atoms with Gasteiger partial charge in [-0.15, -0.1) is 0 Å². The zero-order valence-corrected chi connectivity index (χ0v) is 20.7. The molecule has 3 aliphatic rings. The van der Waals surface area contributed by atoms with Gasteiger partial charge in [0.05, 0.1) is 41.0 Å². The molecule has 1 N–H and O–H groups in total. The van der Waals surface area contributed by atoms with Gasteiger partial charge in [-0.25, -0.2) is 9.37 Å². The Labute approximate surface area is 211 Å². The van der Waals surface area contributed by atoms with Gasteiger partial charge in [0.1, 0.15) is 18.7 Å². The van der Waals surface area contributed by atoms with Crippen molar-refractivity contribution in [2.75, 3.05) is 0 Å². The van der Waals surface area contributed by atoms with Crippen molar-refractivity contribution in [2.24, 2.45) is 0 Å². The monoisotopic (exact) mass is 503 g/mol. The molecule has 9 heteroatoms. The summed E-state index contributed by atoms with van der Waals surface area (Å²) in [6, 6.07) is 2.91. The van der Waals surface area contributed by atoms with Crippen molar-refractivity contribution in [2.45, 2.75) is 71.1 Å². The summed E-state index contributed by atoms with van der Waals surface area (Å²) in [5, 5.41) is 3.88. The molecule has 4 heterocycles. The summed E-state index contributed by atoms with van der Waals surface area (Å²) < 4.78 is 21.9. The molecule has 0 fully saturated rings. The van der Waals surface area contributed by atoms with Crippen LogP contribution in [0.2, 0.25) is 0 Å². The number of nitrogens with zero attached hydrogens (tertiary/aromatic N) is 2. The number of ether oxygens (including phenoxy) is 1. The number of pyridine rings is 2. The molecule has 1 aliphatic carbocycles. The fraction of sp³-hybridized carbons (Fsp3) is 0.393. The maximum Gasteiger partial charge on any atom is 0.313 e. The van der Waals surface area contributed by atoms with E-state index in [1.165, 1.54) is 6.07 Å². The largest absolute Gasteiger partial charge is 0.460 e. The number of halogens is 1. The number of aromatic nitrogens is 2. The molecule has 2 aromatic heterocycles. The summed E-state index contributed by atoms with van der Waals surface area (Å²) in [6.45, 7) is 3.82. The number of esters is 1. The second-order valence-corrected chi connectivity index (χ2v) is 10.00. The van der Waals surface area contributed by atoms with E-state index in [9.17, 15) is 23.6 Å². The van der Waals surface area contributed by atoms with Crippen LogP contribution >= 0.6 is 0 Å². The number of aldehydes is 1. The molecule has 1 amide bonds.